The summed E-state index contributed by atoms with van der Waals surface area (Å²) in [4.78, 5) is 10.9. The number of nitriles is 1. The lowest BCUT2D eigenvalue weighted by Gasteiger charge is -2.04. The summed E-state index contributed by atoms with van der Waals surface area (Å²) in [6, 6.07) is 13.9. The number of carboxylic acids is 1. The van der Waals surface area contributed by atoms with E-state index < -0.39 is 5.97 Å². The van der Waals surface area contributed by atoms with Gasteiger partial charge in [0, 0.05) is 10.9 Å². The van der Waals surface area contributed by atoms with Crippen molar-refractivity contribution in [3.05, 3.63) is 59.9 Å². The van der Waals surface area contributed by atoms with Crippen molar-refractivity contribution < 1.29 is 14.3 Å². The Morgan fingerprint density at radius 2 is 1.90 bits per heavy atom. The number of aromatic carboxylic acids is 1. The zero-order valence-electron chi connectivity index (χ0n) is 10.3. The Morgan fingerprint density at radius 3 is 2.55 bits per heavy atom. The molecule has 1 aromatic heterocycles. The van der Waals surface area contributed by atoms with Crippen LogP contribution in [0.5, 0.6) is 0 Å². The molecule has 0 unspecified atom stereocenters. The van der Waals surface area contributed by atoms with Crippen molar-refractivity contribution in [3.8, 4) is 17.2 Å². The van der Waals surface area contributed by atoms with Gasteiger partial charge in [0.15, 0.2) is 0 Å². The quantitative estimate of drug-likeness (QED) is 0.765. The van der Waals surface area contributed by atoms with Crippen LogP contribution in [0.3, 0.4) is 0 Å². The van der Waals surface area contributed by atoms with Gasteiger partial charge in [-0.2, -0.15) is 5.26 Å². The van der Waals surface area contributed by atoms with Crippen LogP contribution in [0.2, 0.25) is 0 Å². The van der Waals surface area contributed by atoms with E-state index in [0.29, 0.717) is 11.1 Å². The van der Waals surface area contributed by atoms with Gasteiger partial charge in [-0.05, 0) is 35.9 Å². The van der Waals surface area contributed by atoms with E-state index in [-0.39, 0.29) is 5.56 Å². The molecular formula is C16H9NO3. The topological polar surface area (TPSA) is 74.2 Å². The Balaban J connectivity index is 2.20. The van der Waals surface area contributed by atoms with Crippen LogP contribution in [0.15, 0.2) is 53.1 Å². The fourth-order valence-electron chi connectivity index (χ4n) is 2.15. The number of hydrogen-bond donors (Lipinski definition) is 1. The fourth-order valence-corrected chi connectivity index (χ4v) is 2.15. The first kappa shape index (κ1) is 12.0. The molecule has 96 valence electrons. The highest BCUT2D eigenvalue weighted by Gasteiger charge is 2.10. The fraction of sp³-hybridized carbons (Fsp3) is 0. The van der Waals surface area contributed by atoms with Crippen LogP contribution in [0.4, 0.5) is 0 Å². The van der Waals surface area contributed by atoms with E-state index in [1.54, 1.807) is 36.6 Å². The first-order valence-corrected chi connectivity index (χ1v) is 5.94. The summed E-state index contributed by atoms with van der Waals surface area (Å²) < 4.78 is 5.45. The molecule has 1 heterocycles. The molecule has 3 aromatic rings. The van der Waals surface area contributed by atoms with Crippen LogP contribution < -0.4 is 0 Å². The summed E-state index contributed by atoms with van der Waals surface area (Å²) in [6.07, 6.45) is 1.57. The van der Waals surface area contributed by atoms with E-state index in [4.69, 9.17) is 14.8 Å². The second-order valence-corrected chi connectivity index (χ2v) is 4.36. The van der Waals surface area contributed by atoms with Crippen LogP contribution in [0, 0.1) is 11.3 Å². The average molecular weight is 263 g/mol. The Labute approximate surface area is 114 Å². The molecule has 0 aliphatic rings. The molecular weight excluding hydrogens is 254 g/mol. The number of fused-ring (bicyclic) bond motifs is 1. The van der Waals surface area contributed by atoms with Crippen molar-refractivity contribution in [2.75, 3.05) is 0 Å². The number of hydrogen-bond acceptors (Lipinski definition) is 3. The molecule has 20 heavy (non-hydrogen) atoms. The van der Waals surface area contributed by atoms with Gasteiger partial charge in [-0.25, -0.2) is 4.79 Å². The summed E-state index contributed by atoms with van der Waals surface area (Å²) in [5.41, 5.74) is 3.04. The van der Waals surface area contributed by atoms with E-state index in [1.165, 1.54) is 12.1 Å². The average Bonchev–Trinajstić information content (AvgIpc) is 2.94. The number of carbonyl (C=O) groups is 1. The smallest absolute Gasteiger partial charge is 0.335 e. The molecule has 0 aliphatic heterocycles. The zero-order valence-corrected chi connectivity index (χ0v) is 10.3. The van der Waals surface area contributed by atoms with Crippen LogP contribution in [-0.4, -0.2) is 11.1 Å². The third kappa shape index (κ3) is 1.91. The standard InChI is InChI=1S/C16H9NO3/c17-9-10-7-13-5-6-20-15(13)14(8-10)11-1-3-12(4-2-11)16(18)19/h1-8H,(H,18,19). The van der Waals surface area contributed by atoms with Gasteiger partial charge < -0.3 is 9.52 Å². The highest BCUT2D eigenvalue weighted by atomic mass is 16.4. The van der Waals surface area contributed by atoms with Gasteiger partial charge >= 0.3 is 5.97 Å². The van der Waals surface area contributed by atoms with E-state index in [1.807, 2.05) is 0 Å². The van der Waals surface area contributed by atoms with Crippen molar-refractivity contribution in [3.63, 3.8) is 0 Å². The first-order chi connectivity index (χ1) is 9.69. The minimum absolute atomic E-state index is 0.223. The lowest BCUT2D eigenvalue weighted by atomic mass is 10.00. The minimum atomic E-state index is -0.967. The molecule has 0 spiro atoms. The van der Waals surface area contributed by atoms with Gasteiger partial charge in [0.1, 0.15) is 5.58 Å². The maximum atomic E-state index is 10.9. The normalized spacial score (nSPS) is 10.3. The Kier molecular flexibility index (Phi) is 2.73. The summed E-state index contributed by atoms with van der Waals surface area (Å²) in [5, 5.41) is 18.8. The maximum Gasteiger partial charge on any atom is 0.335 e. The molecule has 0 fully saturated rings. The number of furan rings is 1. The highest BCUT2D eigenvalue weighted by Crippen LogP contribution is 2.31. The van der Waals surface area contributed by atoms with Crippen molar-refractivity contribution in [2.45, 2.75) is 0 Å². The highest BCUT2D eigenvalue weighted by molar-refractivity contribution is 5.94. The van der Waals surface area contributed by atoms with Crippen LogP contribution >= 0.6 is 0 Å². The number of benzene rings is 2. The number of carboxylic acid groups (broad SMARTS) is 1. The Bertz CT molecular complexity index is 838. The lowest BCUT2D eigenvalue weighted by Crippen LogP contribution is -1.95. The molecule has 0 atom stereocenters. The van der Waals surface area contributed by atoms with E-state index in [9.17, 15) is 4.79 Å². The van der Waals surface area contributed by atoms with Gasteiger partial charge in [-0.3, -0.25) is 0 Å². The third-order valence-electron chi connectivity index (χ3n) is 3.12. The molecule has 1 N–H and O–H groups in total. The molecule has 2 aromatic carbocycles. The molecule has 4 heteroatoms. The zero-order chi connectivity index (χ0) is 14.1. The molecule has 0 radical (unpaired) electrons. The molecule has 0 bridgehead atoms. The maximum absolute atomic E-state index is 10.9. The van der Waals surface area contributed by atoms with Crippen molar-refractivity contribution >= 4 is 16.9 Å². The van der Waals surface area contributed by atoms with Gasteiger partial charge in [0.05, 0.1) is 23.5 Å². The molecule has 0 amide bonds. The van der Waals surface area contributed by atoms with Gasteiger partial charge in [0.2, 0.25) is 0 Å². The second-order valence-electron chi connectivity index (χ2n) is 4.36. The predicted molar refractivity (Wildman–Crippen MR) is 73.3 cm³/mol. The third-order valence-corrected chi connectivity index (χ3v) is 3.12. The van der Waals surface area contributed by atoms with Gasteiger partial charge in [-0.1, -0.05) is 12.1 Å². The van der Waals surface area contributed by atoms with E-state index >= 15 is 0 Å². The minimum Gasteiger partial charge on any atom is -0.478 e. The van der Waals surface area contributed by atoms with Crippen LogP contribution in [-0.2, 0) is 0 Å². The monoisotopic (exact) mass is 263 g/mol. The molecule has 4 nitrogen and oxygen atoms in total. The number of rotatable bonds is 2. The lowest BCUT2D eigenvalue weighted by molar-refractivity contribution is 0.0697. The summed E-state index contributed by atoms with van der Waals surface area (Å²) in [5.74, 6) is -0.967. The Hall–Kier alpha value is -3.06. The first-order valence-electron chi connectivity index (χ1n) is 5.94. The van der Waals surface area contributed by atoms with Crippen molar-refractivity contribution in [2.24, 2.45) is 0 Å². The summed E-state index contributed by atoms with van der Waals surface area (Å²) >= 11 is 0. The molecule has 0 saturated carbocycles. The molecule has 3 rings (SSSR count). The van der Waals surface area contributed by atoms with E-state index in [2.05, 4.69) is 6.07 Å². The predicted octanol–water partition coefficient (Wildman–Crippen LogP) is 3.67. The van der Waals surface area contributed by atoms with Crippen LogP contribution in [0.1, 0.15) is 15.9 Å². The van der Waals surface area contributed by atoms with Crippen molar-refractivity contribution in [1.82, 2.24) is 0 Å². The molecule has 0 saturated heterocycles. The summed E-state index contributed by atoms with van der Waals surface area (Å²) in [6.45, 7) is 0. The number of nitrogens with zero attached hydrogens (tertiary/aromatic N) is 1. The van der Waals surface area contributed by atoms with E-state index in [0.717, 1.165) is 16.5 Å². The van der Waals surface area contributed by atoms with Gasteiger partial charge in [0.25, 0.3) is 0 Å². The summed E-state index contributed by atoms with van der Waals surface area (Å²) in [7, 11) is 0. The SMILES string of the molecule is N#Cc1cc(-c2ccc(C(=O)O)cc2)c2occc2c1. The second kappa shape index (κ2) is 4.56. The molecule has 0 aliphatic carbocycles. The largest absolute Gasteiger partial charge is 0.478 e. The Morgan fingerprint density at radius 1 is 1.15 bits per heavy atom. The van der Waals surface area contributed by atoms with Gasteiger partial charge in [-0.15, -0.1) is 0 Å². The van der Waals surface area contributed by atoms with Crippen molar-refractivity contribution in [1.29, 1.82) is 5.26 Å². The van der Waals surface area contributed by atoms with Crippen LogP contribution in [0.25, 0.3) is 22.1 Å².